The number of hydrogen-bond acceptors (Lipinski definition) is 2. The number of carbonyl (C=O) groups is 1. The lowest BCUT2D eigenvalue weighted by Gasteiger charge is -2.06. The number of unbranched alkanes of at least 4 members (excludes halogenated alkanes) is 30. The summed E-state index contributed by atoms with van der Waals surface area (Å²) in [5, 5.41) is 0. The second kappa shape index (κ2) is 35.5. The van der Waals surface area contributed by atoms with Gasteiger partial charge in [-0.15, -0.1) is 0 Å². The predicted molar refractivity (Wildman–Crippen MR) is 175 cm³/mol. The number of esters is 1. The molecule has 0 bridgehead atoms. The molecule has 0 aliphatic rings. The summed E-state index contributed by atoms with van der Waals surface area (Å²) in [5.41, 5.74) is 0. The maximum atomic E-state index is 11.9. The molecule has 2 nitrogen and oxygen atoms in total. The molecule has 0 aliphatic heterocycles. The maximum absolute atomic E-state index is 11.9. The minimum absolute atomic E-state index is 0.0277. The number of carbonyl (C=O) groups excluding carboxylic acids is 1. The van der Waals surface area contributed by atoms with E-state index in [2.05, 4.69) is 13.8 Å². The van der Waals surface area contributed by atoms with E-state index in [4.69, 9.17) is 4.74 Å². The average molecular weight is 551 g/mol. The smallest absolute Gasteiger partial charge is 0.305 e. The third kappa shape index (κ3) is 35.4. The topological polar surface area (TPSA) is 26.3 Å². The van der Waals surface area contributed by atoms with Crippen LogP contribution in [0.25, 0.3) is 0 Å². The number of rotatable bonds is 34. The molecule has 0 heterocycles. The molecule has 0 aromatic carbocycles. The van der Waals surface area contributed by atoms with Crippen molar-refractivity contribution in [2.75, 3.05) is 6.61 Å². The van der Waals surface area contributed by atoms with E-state index in [1.807, 2.05) is 0 Å². The van der Waals surface area contributed by atoms with Gasteiger partial charge in [0.25, 0.3) is 0 Å². The Kier molecular flexibility index (Phi) is 35.0. The third-order valence-corrected chi connectivity index (χ3v) is 8.50. The molecule has 0 atom stereocenters. The van der Waals surface area contributed by atoms with Gasteiger partial charge in [0.05, 0.1) is 6.61 Å². The average Bonchev–Trinajstić information content (AvgIpc) is 2.94. The highest BCUT2D eigenvalue weighted by Gasteiger charge is 2.03. The van der Waals surface area contributed by atoms with Crippen molar-refractivity contribution in [3.63, 3.8) is 0 Å². The molecule has 39 heavy (non-hydrogen) atoms. The van der Waals surface area contributed by atoms with E-state index in [9.17, 15) is 4.79 Å². The van der Waals surface area contributed by atoms with E-state index in [0.29, 0.717) is 13.0 Å². The molecule has 0 N–H and O–H groups in total. The van der Waals surface area contributed by atoms with Gasteiger partial charge in [0.15, 0.2) is 0 Å². The summed E-state index contributed by atoms with van der Waals surface area (Å²) in [6, 6.07) is 0. The molecular formula is C37H74O2. The first-order chi connectivity index (χ1) is 19.3. The minimum atomic E-state index is 0.0277. The van der Waals surface area contributed by atoms with Crippen LogP contribution in [0, 0.1) is 0 Å². The van der Waals surface area contributed by atoms with Gasteiger partial charge in [-0.05, 0) is 12.8 Å². The summed E-state index contributed by atoms with van der Waals surface area (Å²) in [4.78, 5) is 11.9. The Morgan fingerprint density at radius 2 is 0.564 bits per heavy atom. The van der Waals surface area contributed by atoms with E-state index in [1.54, 1.807) is 0 Å². The molecule has 0 spiro atoms. The van der Waals surface area contributed by atoms with Crippen LogP contribution < -0.4 is 0 Å². The summed E-state index contributed by atoms with van der Waals surface area (Å²) in [5.74, 6) is 0.0277. The SMILES string of the molecule is CCCCCCCCCCCCCCCCCCCCCCCC(=O)OCCCCCCCCCCCCC. The van der Waals surface area contributed by atoms with Crippen LogP contribution in [0.15, 0.2) is 0 Å². The van der Waals surface area contributed by atoms with Crippen LogP contribution >= 0.6 is 0 Å². The Labute approximate surface area is 247 Å². The van der Waals surface area contributed by atoms with Crippen LogP contribution in [-0.4, -0.2) is 12.6 Å². The van der Waals surface area contributed by atoms with Gasteiger partial charge in [-0.25, -0.2) is 0 Å². The van der Waals surface area contributed by atoms with Gasteiger partial charge in [0.1, 0.15) is 0 Å². The van der Waals surface area contributed by atoms with Crippen molar-refractivity contribution in [1.82, 2.24) is 0 Å². The van der Waals surface area contributed by atoms with Crippen LogP contribution in [0.4, 0.5) is 0 Å². The molecule has 0 amide bonds. The van der Waals surface area contributed by atoms with Gasteiger partial charge in [-0.1, -0.05) is 206 Å². The Morgan fingerprint density at radius 3 is 0.846 bits per heavy atom. The molecule has 0 unspecified atom stereocenters. The fourth-order valence-electron chi connectivity index (χ4n) is 5.73. The zero-order valence-corrected chi connectivity index (χ0v) is 27.4. The first-order valence-electron chi connectivity index (χ1n) is 18.5. The fraction of sp³-hybridized carbons (Fsp3) is 0.973. The van der Waals surface area contributed by atoms with Crippen LogP contribution in [0.1, 0.15) is 226 Å². The van der Waals surface area contributed by atoms with Gasteiger partial charge in [-0.2, -0.15) is 0 Å². The lowest BCUT2D eigenvalue weighted by atomic mass is 10.0. The summed E-state index contributed by atoms with van der Waals surface area (Å²) >= 11 is 0. The van der Waals surface area contributed by atoms with E-state index in [1.165, 1.54) is 193 Å². The highest BCUT2D eigenvalue weighted by Crippen LogP contribution is 2.16. The van der Waals surface area contributed by atoms with Gasteiger partial charge in [0, 0.05) is 6.42 Å². The lowest BCUT2D eigenvalue weighted by molar-refractivity contribution is -0.143. The molecule has 0 aromatic heterocycles. The highest BCUT2D eigenvalue weighted by molar-refractivity contribution is 5.69. The van der Waals surface area contributed by atoms with Crippen LogP contribution in [-0.2, 0) is 9.53 Å². The van der Waals surface area contributed by atoms with Crippen LogP contribution in [0.3, 0.4) is 0 Å². The fourth-order valence-corrected chi connectivity index (χ4v) is 5.73. The van der Waals surface area contributed by atoms with Crippen molar-refractivity contribution in [2.24, 2.45) is 0 Å². The summed E-state index contributed by atoms with van der Waals surface area (Å²) in [6.07, 6.45) is 44.6. The first-order valence-corrected chi connectivity index (χ1v) is 18.5. The molecule has 2 heteroatoms. The second-order valence-electron chi connectivity index (χ2n) is 12.6. The van der Waals surface area contributed by atoms with Crippen molar-refractivity contribution in [3.8, 4) is 0 Å². The quantitative estimate of drug-likeness (QED) is 0.0588. The standard InChI is InChI=1S/C37H74O2/c1-3-5-7-9-11-13-15-16-17-18-19-20-21-22-23-24-25-27-29-31-33-35-37(38)39-36-34-32-30-28-26-14-12-10-8-6-4-2/h3-36H2,1-2H3. The van der Waals surface area contributed by atoms with Crippen molar-refractivity contribution in [2.45, 2.75) is 226 Å². The largest absolute Gasteiger partial charge is 0.466 e. The van der Waals surface area contributed by atoms with Crippen LogP contribution in [0.2, 0.25) is 0 Å². The minimum Gasteiger partial charge on any atom is -0.466 e. The molecule has 0 rings (SSSR count). The van der Waals surface area contributed by atoms with Gasteiger partial charge in [-0.3, -0.25) is 4.79 Å². The Balaban J connectivity index is 3.13. The predicted octanol–water partition coefficient (Wildman–Crippen LogP) is 13.4. The Hall–Kier alpha value is -0.530. The first kappa shape index (κ1) is 38.5. The van der Waals surface area contributed by atoms with E-state index in [-0.39, 0.29) is 5.97 Å². The molecule has 234 valence electrons. The Bertz CT molecular complexity index is 447. The molecule has 0 radical (unpaired) electrons. The van der Waals surface area contributed by atoms with Crippen molar-refractivity contribution in [3.05, 3.63) is 0 Å². The molecular weight excluding hydrogens is 476 g/mol. The third-order valence-electron chi connectivity index (χ3n) is 8.50. The van der Waals surface area contributed by atoms with E-state index < -0.39 is 0 Å². The molecule has 0 fully saturated rings. The molecule has 0 aromatic rings. The summed E-state index contributed by atoms with van der Waals surface area (Å²) in [7, 11) is 0. The van der Waals surface area contributed by atoms with E-state index >= 15 is 0 Å². The van der Waals surface area contributed by atoms with E-state index in [0.717, 1.165) is 12.8 Å². The summed E-state index contributed by atoms with van der Waals surface area (Å²) < 4.78 is 5.43. The molecule has 0 saturated heterocycles. The highest BCUT2D eigenvalue weighted by atomic mass is 16.5. The monoisotopic (exact) mass is 551 g/mol. The number of ether oxygens (including phenoxy) is 1. The van der Waals surface area contributed by atoms with Crippen molar-refractivity contribution >= 4 is 5.97 Å². The zero-order chi connectivity index (χ0) is 28.3. The second-order valence-corrected chi connectivity index (χ2v) is 12.6. The lowest BCUT2D eigenvalue weighted by Crippen LogP contribution is -2.05. The van der Waals surface area contributed by atoms with Crippen molar-refractivity contribution < 1.29 is 9.53 Å². The van der Waals surface area contributed by atoms with Crippen LogP contribution in [0.5, 0.6) is 0 Å². The Morgan fingerprint density at radius 1 is 0.333 bits per heavy atom. The van der Waals surface area contributed by atoms with Gasteiger partial charge >= 0.3 is 5.97 Å². The van der Waals surface area contributed by atoms with Crippen molar-refractivity contribution in [1.29, 1.82) is 0 Å². The van der Waals surface area contributed by atoms with Gasteiger partial charge in [0.2, 0.25) is 0 Å². The summed E-state index contributed by atoms with van der Waals surface area (Å²) in [6.45, 7) is 5.21. The molecule has 0 saturated carbocycles. The van der Waals surface area contributed by atoms with Gasteiger partial charge < -0.3 is 4.74 Å². The normalized spacial score (nSPS) is 11.3. The maximum Gasteiger partial charge on any atom is 0.305 e. The molecule has 0 aliphatic carbocycles. The zero-order valence-electron chi connectivity index (χ0n) is 27.4. The number of hydrogen-bond donors (Lipinski definition) is 0.